The fourth-order valence-electron chi connectivity index (χ4n) is 2.76. The van der Waals surface area contributed by atoms with Gasteiger partial charge in [0, 0.05) is 32.7 Å². The van der Waals surface area contributed by atoms with Crippen LogP contribution < -0.4 is 10.0 Å². The van der Waals surface area contributed by atoms with Crippen molar-refractivity contribution in [3.63, 3.8) is 0 Å². The van der Waals surface area contributed by atoms with Crippen LogP contribution in [0.25, 0.3) is 0 Å². The van der Waals surface area contributed by atoms with Gasteiger partial charge in [-0.2, -0.15) is 0 Å². The Balaban J connectivity index is 0.00000338. The molecule has 9 nitrogen and oxygen atoms in total. The molecule has 2 heterocycles. The molecule has 1 unspecified atom stereocenters. The smallest absolute Gasteiger partial charge is 0.216 e. The maximum Gasteiger partial charge on any atom is 0.216 e. The van der Waals surface area contributed by atoms with Crippen LogP contribution in [0.2, 0.25) is 0 Å². The number of likely N-dealkylation sites (tertiary alicyclic amines) is 1. The number of hydrogen-bond donors (Lipinski definition) is 2. The van der Waals surface area contributed by atoms with E-state index in [2.05, 4.69) is 25.2 Å². The van der Waals surface area contributed by atoms with Gasteiger partial charge in [-0.15, -0.1) is 34.2 Å². The van der Waals surface area contributed by atoms with E-state index in [1.807, 2.05) is 44.2 Å². The van der Waals surface area contributed by atoms with Crippen molar-refractivity contribution in [1.82, 2.24) is 29.7 Å². The van der Waals surface area contributed by atoms with Crippen LogP contribution in [-0.2, 0) is 23.6 Å². The summed E-state index contributed by atoms with van der Waals surface area (Å²) in [6.07, 6.45) is 0.593. The predicted molar refractivity (Wildman–Crippen MR) is 113 cm³/mol. The molecule has 26 heavy (non-hydrogen) atoms. The molecule has 0 amide bonds. The number of aryl methyl sites for hydroxylation is 1. The number of nitrogens with one attached hydrogen (secondary N) is 2. The molecule has 0 aromatic carbocycles. The second-order valence-corrected chi connectivity index (χ2v) is 8.56. The van der Waals surface area contributed by atoms with E-state index in [1.54, 1.807) is 0 Å². The minimum Gasteiger partial charge on any atom is -0.357 e. The fraction of sp³-hybridized carbons (Fsp3) is 0.800. The number of aromatic nitrogens is 3. The van der Waals surface area contributed by atoms with Gasteiger partial charge in [-0.25, -0.2) is 18.1 Å². The molecule has 1 aliphatic rings. The van der Waals surface area contributed by atoms with Gasteiger partial charge >= 0.3 is 0 Å². The molecule has 0 saturated carbocycles. The molecule has 1 atom stereocenters. The highest BCUT2D eigenvalue weighted by atomic mass is 127. The molecule has 150 valence electrons. The van der Waals surface area contributed by atoms with Gasteiger partial charge in [-0.05, 0) is 34.1 Å². The Morgan fingerprint density at radius 1 is 1.38 bits per heavy atom. The summed E-state index contributed by atoms with van der Waals surface area (Å²) >= 11 is 0. The van der Waals surface area contributed by atoms with Gasteiger partial charge in [0.05, 0.1) is 5.25 Å². The second-order valence-electron chi connectivity index (χ2n) is 6.57. The molecular weight excluding hydrogens is 469 g/mol. The Kier molecular flexibility index (Phi) is 8.73. The Hall–Kier alpha value is -0.950. The van der Waals surface area contributed by atoms with Crippen LogP contribution >= 0.6 is 24.0 Å². The van der Waals surface area contributed by atoms with Crippen LogP contribution in [0.5, 0.6) is 0 Å². The quantitative estimate of drug-likeness (QED) is 0.338. The first-order valence-corrected chi connectivity index (χ1v) is 10.2. The van der Waals surface area contributed by atoms with Crippen molar-refractivity contribution in [2.45, 2.75) is 52.0 Å². The second kappa shape index (κ2) is 9.83. The van der Waals surface area contributed by atoms with Gasteiger partial charge in [-0.3, -0.25) is 0 Å². The number of rotatable bonds is 6. The van der Waals surface area contributed by atoms with Crippen LogP contribution in [0.15, 0.2) is 4.99 Å². The predicted octanol–water partition coefficient (Wildman–Crippen LogP) is 0.609. The monoisotopic (exact) mass is 499 g/mol. The standard InChI is InChI=1S/C15H29N7O2S.HI/c1-6-16-15(17-9-14-19-18-12(4)21(14)5)22-8-7-13(10-22)25(23,24)20-11(2)3;/h11,13,20H,6-10H2,1-5H3,(H,16,17);1H. The number of aliphatic imine (C=N–C) groups is 1. The third kappa shape index (κ3) is 5.78. The number of sulfonamides is 1. The Bertz CT molecular complexity index is 718. The van der Waals surface area contributed by atoms with Crippen molar-refractivity contribution in [2.75, 3.05) is 19.6 Å². The van der Waals surface area contributed by atoms with Gasteiger partial charge in [0.15, 0.2) is 11.8 Å². The van der Waals surface area contributed by atoms with Crippen LogP contribution in [0.3, 0.4) is 0 Å². The Morgan fingerprint density at radius 2 is 2.08 bits per heavy atom. The third-order valence-electron chi connectivity index (χ3n) is 4.17. The average molecular weight is 499 g/mol. The van der Waals surface area contributed by atoms with Crippen molar-refractivity contribution < 1.29 is 8.42 Å². The third-order valence-corrected chi connectivity index (χ3v) is 6.23. The SMILES string of the molecule is CCNC(=NCc1nnc(C)n1C)N1CCC(S(=O)(=O)NC(C)C)C1.I. The van der Waals surface area contributed by atoms with E-state index in [0.29, 0.717) is 32.0 Å². The highest BCUT2D eigenvalue weighted by Crippen LogP contribution is 2.17. The molecule has 1 fully saturated rings. The van der Waals surface area contributed by atoms with Crippen molar-refractivity contribution >= 4 is 40.0 Å². The lowest BCUT2D eigenvalue weighted by Crippen LogP contribution is -2.43. The van der Waals surface area contributed by atoms with E-state index in [-0.39, 0.29) is 30.0 Å². The normalized spacial score (nSPS) is 18.3. The van der Waals surface area contributed by atoms with Gasteiger partial charge in [0.25, 0.3) is 0 Å². The van der Waals surface area contributed by atoms with Crippen LogP contribution in [-0.4, -0.2) is 65.0 Å². The minimum absolute atomic E-state index is 0. The summed E-state index contributed by atoms with van der Waals surface area (Å²) < 4.78 is 29.3. The summed E-state index contributed by atoms with van der Waals surface area (Å²) in [5, 5.41) is 11.0. The van der Waals surface area contributed by atoms with E-state index in [0.717, 1.165) is 18.2 Å². The fourth-order valence-corrected chi connectivity index (χ4v) is 4.40. The van der Waals surface area contributed by atoms with Crippen LogP contribution in [0.1, 0.15) is 38.8 Å². The molecule has 11 heteroatoms. The van der Waals surface area contributed by atoms with E-state index >= 15 is 0 Å². The number of halogens is 1. The molecule has 2 N–H and O–H groups in total. The topological polar surface area (TPSA) is 105 Å². The molecule has 1 aromatic rings. The highest BCUT2D eigenvalue weighted by molar-refractivity contribution is 14.0. The highest BCUT2D eigenvalue weighted by Gasteiger charge is 2.34. The van der Waals surface area contributed by atoms with Gasteiger partial charge < -0.3 is 14.8 Å². The van der Waals surface area contributed by atoms with Crippen LogP contribution in [0.4, 0.5) is 0 Å². The Morgan fingerprint density at radius 3 is 2.62 bits per heavy atom. The molecule has 0 radical (unpaired) electrons. The zero-order valence-electron chi connectivity index (χ0n) is 16.1. The van der Waals surface area contributed by atoms with Crippen molar-refractivity contribution in [2.24, 2.45) is 12.0 Å². The maximum atomic E-state index is 12.4. The molecule has 1 saturated heterocycles. The average Bonchev–Trinajstić information content (AvgIpc) is 3.12. The summed E-state index contributed by atoms with van der Waals surface area (Å²) in [6.45, 7) is 9.76. The first-order valence-electron chi connectivity index (χ1n) is 8.63. The van der Waals surface area contributed by atoms with E-state index in [9.17, 15) is 8.42 Å². The zero-order valence-corrected chi connectivity index (χ0v) is 19.2. The first-order chi connectivity index (χ1) is 11.7. The first kappa shape index (κ1) is 23.1. The molecule has 0 spiro atoms. The summed E-state index contributed by atoms with van der Waals surface area (Å²) in [4.78, 5) is 6.61. The maximum absolute atomic E-state index is 12.4. The lowest BCUT2D eigenvalue weighted by molar-refractivity contribution is 0.489. The minimum atomic E-state index is -3.31. The molecule has 1 aliphatic heterocycles. The molecule has 0 bridgehead atoms. The van der Waals surface area contributed by atoms with Crippen molar-refractivity contribution in [3.05, 3.63) is 11.6 Å². The summed E-state index contributed by atoms with van der Waals surface area (Å²) in [5.74, 6) is 2.32. The number of hydrogen-bond acceptors (Lipinski definition) is 5. The van der Waals surface area contributed by atoms with Crippen LogP contribution in [0, 0.1) is 6.92 Å². The zero-order chi connectivity index (χ0) is 18.6. The summed E-state index contributed by atoms with van der Waals surface area (Å²) in [5.41, 5.74) is 0. The van der Waals surface area contributed by atoms with Gasteiger partial charge in [0.2, 0.25) is 10.0 Å². The van der Waals surface area contributed by atoms with Crippen molar-refractivity contribution in [1.29, 1.82) is 0 Å². The molecule has 0 aliphatic carbocycles. The lowest BCUT2D eigenvalue weighted by atomic mass is 10.4. The van der Waals surface area contributed by atoms with Gasteiger partial charge in [-0.1, -0.05) is 0 Å². The number of nitrogens with zero attached hydrogens (tertiary/aromatic N) is 5. The van der Waals surface area contributed by atoms with Gasteiger partial charge in [0.1, 0.15) is 12.4 Å². The van der Waals surface area contributed by atoms with E-state index < -0.39 is 15.3 Å². The van der Waals surface area contributed by atoms with E-state index in [4.69, 9.17) is 0 Å². The largest absolute Gasteiger partial charge is 0.357 e. The Labute approximate surface area is 173 Å². The lowest BCUT2D eigenvalue weighted by Gasteiger charge is -2.22. The summed E-state index contributed by atoms with van der Waals surface area (Å²) in [7, 11) is -1.41. The molecular formula is C15H30IN7O2S. The van der Waals surface area contributed by atoms with E-state index in [1.165, 1.54) is 0 Å². The molecule has 2 rings (SSSR count). The molecule has 1 aromatic heterocycles. The van der Waals surface area contributed by atoms with Crippen molar-refractivity contribution in [3.8, 4) is 0 Å². The summed E-state index contributed by atoms with van der Waals surface area (Å²) in [6, 6.07) is -0.0971. The number of guanidine groups is 1.